The molecule has 0 aliphatic heterocycles. The van der Waals surface area contributed by atoms with Gasteiger partial charge >= 0.3 is 0 Å². The lowest BCUT2D eigenvalue weighted by Gasteiger charge is -2.07. The van der Waals surface area contributed by atoms with Gasteiger partial charge in [0.15, 0.2) is 0 Å². The second kappa shape index (κ2) is 3.93. The normalized spacial score (nSPS) is 11.9. The molecule has 2 N–H and O–H groups in total. The summed E-state index contributed by atoms with van der Waals surface area (Å²) < 4.78 is 25.4. The molecule has 1 aromatic heterocycles. The van der Waals surface area contributed by atoms with E-state index in [1.54, 1.807) is 13.8 Å². The van der Waals surface area contributed by atoms with Crippen molar-refractivity contribution >= 4 is 10.0 Å². The second-order valence-electron chi connectivity index (χ2n) is 3.14. The molecular formula is C8H12N2O3S. The van der Waals surface area contributed by atoms with E-state index < -0.39 is 15.6 Å². The topological polar surface area (TPSA) is 79.0 Å². The van der Waals surface area contributed by atoms with E-state index in [1.165, 1.54) is 18.3 Å². The maximum Gasteiger partial charge on any atom is 0.268 e. The third-order valence-electron chi connectivity index (χ3n) is 1.46. The average molecular weight is 216 g/mol. The van der Waals surface area contributed by atoms with Gasteiger partial charge in [0, 0.05) is 12.2 Å². The molecule has 1 aromatic rings. The van der Waals surface area contributed by atoms with Crippen LogP contribution in [-0.2, 0) is 10.0 Å². The fourth-order valence-electron chi connectivity index (χ4n) is 0.992. The van der Waals surface area contributed by atoms with Crippen molar-refractivity contribution in [2.45, 2.75) is 24.8 Å². The first-order valence-electron chi connectivity index (χ1n) is 4.13. The summed E-state index contributed by atoms with van der Waals surface area (Å²) in [6.45, 7) is 3.38. The van der Waals surface area contributed by atoms with Crippen LogP contribution in [0.5, 0.6) is 0 Å². The fourth-order valence-corrected chi connectivity index (χ4v) is 2.30. The molecule has 78 valence electrons. The van der Waals surface area contributed by atoms with Gasteiger partial charge in [-0.05, 0) is 26.0 Å². The van der Waals surface area contributed by atoms with Crippen LogP contribution in [-0.4, -0.2) is 19.4 Å². The number of hydrogen-bond donors (Lipinski definition) is 2. The van der Waals surface area contributed by atoms with Crippen LogP contribution in [0.25, 0.3) is 0 Å². The van der Waals surface area contributed by atoms with E-state index in [0.29, 0.717) is 0 Å². The monoisotopic (exact) mass is 216 g/mol. The minimum atomic E-state index is -3.68. The molecule has 0 aliphatic rings. The molecule has 1 rings (SSSR count). The number of sulfonamides is 1. The molecule has 0 spiro atoms. The van der Waals surface area contributed by atoms with E-state index in [2.05, 4.69) is 9.71 Å². The predicted molar refractivity (Wildman–Crippen MR) is 52.5 cm³/mol. The minimum absolute atomic E-state index is 0.236. The quantitative estimate of drug-likeness (QED) is 0.750. The smallest absolute Gasteiger partial charge is 0.268 e. The Morgan fingerprint density at radius 3 is 2.57 bits per heavy atom. The molecule has 0 fully saturated rings. The zero-order valence-electron chi connectivity index (χ0n) is 7.94. The molecule has 0 unspecified atom stereocenters. The minimum Gasteiger partial charge on any atom is -0.328 e. The Bertz CT molecular complexity index is 461. The summed E-state index contributed by atoms with van der Waals surface area (Å²) in [7, 11) is -3.68. The first-order valence-corrected chi connectivity index (χ1v) is 5.62. The van der Waals surface area contributed by atoms with Gasteiger partial charge in [-0.25, -0.2) is 13.1 Å². The molecule has 0 bridgehead atoms. The molecule has 0 aliphatic carbocycles. The van der Waals surface area contributed by atoms with Crippen LogP contribution in [0, 0.1) is 0 Å². The Kier molecular flexibility index (Phi) is 3.07. The van der Waals surface area contributed by atoms with Gasteiger partial charge < -0.3 is 4.98 Å². The Hall–Kier alpha value is -1.14. The maximum absolute atomic E-state index is 11.5. The van der Waals surface area contributed by atoms with Crippen molar-refractivity contribution in [1.29, 1.82) is 0 Å². The van der Waals surface area contributed by atoms with Crippen molar-refractivity contribution in [3.8, 4) is 0 Å². The first kappa shape index (κ1) is 10.9. The summed E-state index contributed by atoms with van der Waals surface area (Å²) in [5.41, 5.74) is -0.611. The zero-order valence-corrected chi connectivity index (χ0v) is 8.76. The third kappa shape index (κ3) is 2.43. The van der Waals surface area contributed by atoms with E-state index in [0.717, 1.165) is 0 Å². The highest BCUT2D eigenvalue weighted by Gasteiger charge is 2.18. The molecule has 0 atom stereocenters. The number of nitrogens with one attached hydrogen (secondary N) is 2. The summed E-state index contributed by atoms with van der Waals surface area (Å²) >= 11 is 0. The third-order valence-corrected chi connectivity index (χ3v) is 3.14. The second-order valence-corrected chi connectivity index (χ2v) is 4.82. The zero-order chi connectivity index (χ0) is 10.8. The van der Waals surface area contributed by atoms with Gasteiger partial charge in [-0.1, -0.05) is 0 Å². The summed E-state index contributed by atoms with van der Waals surface area (Å²) in [5.74, 6) is 0. The lowest BCUT2D eigenvalue weighted by molar-refractivity contribution is 0.568. The lowest BCUT2D eigenvalue weighted by atomic mass is 10.4. The first-order chi connectivity index (χ1) is 6.43. The highest BCUT2D eigenvalue weighted by Crippen LogP contribution is 2.01. The molecule has 0 amide bonds. The highest BCUT2D eigenvalue weighted by molar-refractivity contribution is 7.89. The Morgan fingerprint density at radius 2 is 2.07 bits per heavy atom. The number of aromatic amines is 1. The highest BCUT2D eigenvalue weighted by atomic mass is 32.2. The summed E-state index contributed by atoms with van der Waals surface area (Å²) in [5, 5.41) is 0. The SMILES string of the molecule is CC(C)NS(=O)(=O)c1ccc[nH]c1=O. The van der Waals surface area contributed by atoms with E-state index in [1.807, 2.05) is 0 Å². The van der Waals surface area contributed by atoms with Crippen LogP contribution in [0.2, 0.25) is 0 Å². The van der Waals surface area contributed by atoms with Crippen molar-refractivity contribution in [3.05, 3.63) is 28.7 Å². The summed E-state index contributed by atoms with van der Waals surface area (Å²) in [6, 6.07) is 2.50. The van der Waals surface area contributed by atoms with Gasteiger partial charge in [0.2, 0.25) is 10.0 Å². The number of H-pyrrole nitrogens is 1. The Morgan fingerprint density at radius 1 is 1.43 bits per heavy atom. The Labute approximate surface area is 82.2 Å². The van der Waals surface area contributed by atoms with Gasteiger partial charge in [-0.15, -0.1) is 0 Å². The van der Waals surface area contributed by atoms with Crippen LogP contribution in [0.1, 0.15) is 13.8 Å². The van der Waals surface area contributed by atoms with Crippen molar-refractivity contribution in [2.24, 2.45) is 0 Å². The van der Waals surface area contributed by atoms with Crippen molar-refractivity contribution in [3.63, 3.8) is 0 Å². The summed E-state index contributed by atoms with van der Waals surface area (Å²) in [4.78, 5) is 13.2. The molecule has 0 saturated carbocycles. The number of hydrogen-bond acceptors (Lipinski definition) is 3. The Balaban J connectivity index is 3.18. The predicted octanol–water partition coefficient (Wildman–Crippen LogP) is 0.0616. The molecule has 0 saturated heterocycles. The van der Waals surface area contributed by atoms with Crippen molar-refractivity contribution in [2.75, 3.05) is 0 Å². The fraction of sp³-hybridized carbons (Fsp3) is 0.375. The van der Waals surface area contributed by atoms with Gasteiger partial charge in [0.25, 0.3) is 5.56 Å². The van der Waals surface area contributed by atoms with Gasteiger partial charge in [0.05, 0.1) is 0 Å². The molecule has 5 nitrogen and oxygen atoms in total. The number of rotatable bonds is 3. The number of aromatic nitrogens is 1. The standard InChI is InChI=1S/C8H12N2O3S/c1-6(2)10-14(12,13)7-4-3-5-9-8(7)11/h3-6,10H,1-2H3,(H,9,11). The van der Waals surface area contributed by atoms with Gasteiger partial charge in [-0.3, -0.25) is 4.79 Å². The van der Waals surface area contributed by atoms with E-state index in [4.69, 9.17) is 0 Å². The van der Waals surface area contributed by atoms with Crippen molar-refractivity contribution in [1.82, 2.24) is 9.71 Å². The van der Waals surface area contributed by atoms with E-state index in [-0.39, 0.29) is 10.9 Å². The number of pyridine rings is 1. The average Bonchev–Trinajstić information content (AvgIpc) is 2.02. The van der Waals surface area contributed by atoms with Gasteiger partial charge in [-0.2, -0.15) is 0 Å². The molecule has 6 heteroatoms. The molecule has 0 aromatic carbocycles. The molecule has 1 heterocycles. The largest absolute Gasteiger partial charge is 0.328 e. The lowest BCUT2D eigenvalue weighted by Crippen LogP contribution is -2.33. The molecule has 14 heavy (non-hydrogen) atoms. The van der Waals surface area contributed by atoms with Crippen LogP contribution in [0.4, 0.5) is 0 Å². The van der Waals surface area contributed by atoms with Crippen molar-refractivity contribution < 1.29 is 8.42 Å². The van der Waals surface area contributed by atoms with Gasteiger partial charge in [0.1, 0.15) is 4.90 Å². The maximum atomic E-state index is 11.5. The summed E-state index contributed by atoms with van der Waals surface area (Å²) in [6.07, 6.45) is 1.39. The van der Waals surface area contributed by atoms with Crippen LogP contribution in [0.15, 0.2) is 28.0 Å². The van der Waals surface area contributed by atoms with Crippen LogP contribution >= 0.6 is 0 Å². The van der Waals surface area contributed by atoms with E-state index in [9.17, 15) is 13.2 Å². The van der Waals surface area contributed by atoms with Crippen LogP contribution < -0.4 is 10.3 Å². The van der Waals surface area contributed by atoms with E-state index >= 15 is 0 Å². The van der Waals surface area contributed by atoms with Crippen LogP contribution in [0.3, 0.4) is 0 Å². The molecular weight excluding hydrogens is 204 g/mol. The molecule has 0 radical (unpaired) electrons.